The normalized spacial score (nSPS) is 17.0. The molecule has 5 heteroatoms. The maximum Gasteiger partial charge on any atom is 0.250 e. The Morgan fingerprint density at radius 2 is 1.83 bits per heavy atom. The van der Waals surface area contributed by atoms with E-state index < -0.39 is 0 Å². The molecule has 3 aromatic rings. The maximum absolute atomic E-state index is 13.1. The number of aromatic nitrogens is 2. The van der Waals surface area contributed by atoms with E-state index in [1.54, 1.807) is 6.33 Å². The summed E-state index contributed by atoms with van der Waals surface area (Å²) in [6.45, 7) is 1.19. The SMILES string of the molecule is O=C1C(c2ccc(Br)cc2)n2cncc2CN1Cc1ccccc1. The van der Waals surface area contributed by atoms with Crippen LogP contribution in [0.1, 0.15) is 22.9 Å². The van der Waals surface area contributed by atoms with Crippen molar-refractivity contribution in [1.82, 2.24) is 14.5 Å². The number of carbonyl (C=O) groups is 1. The summed E-state index contributed by atoms with van der Waals surface area (Å²) >= 11 is 3.45. The first-order valence-electron chi connectivity index (χ1n) is 7.81. The molecule has 0 fully saturated rings. The molecule has 1 aromatic heterocycles. The van der Waals surface area contributed by atoms with Gasteiger partial charge in [0, 0.05) is 17.2 Å². The average molecular weight is 382 g/mol. The molecular weight excluding hydrogens is 366 g/mol. The van der Waals surface area contributed by atoms with Crippen LogP contribution in [0.2, 0.25) is 0 Å². The van der Waals surface area contributed by atoms with Crippen LogP contribution >= 0.6 is 15.9 Å². The molecule has 24 heavy (non-hydrogen) atoms. The molecule has 2 heterocycles. The molecule has 0 bridgehead atoms. The zero-order valence-corrected chi connectivity index (χ0v) is 14.6. The fraction of sp³-hybridized carbons (Fsp3) is 0.158. The number of fused-ring (bicyclic) bond motifs is 1. The van der Waals surface area contributed by atoms with Crippen molar-refractivity contribution in [2.24, 2.45) is 0 Å². The Hall–Kier alpha value is -2.40. The summed E-state index contributed by atoms with van der Waals surface area (Å²) in [5.74, 6) is 0.103. The summed E-state index contributed by atoms with van der Waals surface area (Å²) in [5, 5.41) is 0. The van der Waals surface area contributed by atoms with Crippen LogP contribution in [0, 0.1) is 0 Å². The van der Waals surface area contributed by atoms with Crippen molar-refractivity contribution in [3.05, 3.63) is 88.4 Å². The predicted molar refractivity (Wildman–Crippen MR) is 95.2 cm³/mol. The van der Waals surface area contributed by atoms with Gasteiger partial charge >= 0.3 is 0 Å². The first kappa shape index (κ1) is 15.1. The molecule has 4 rings (SSSR count). The van der Waals surface area contributed by atoms with Gasteiger partial charge in [-0.2, -0.15) is 0 Å². The van der Waals surface area contributed by atoms with Gasteiger partial charge in [-0.15, -0.1) is 0 Å². The Bertz CT molecular complexity index is 858. The molecule has 0 saturated heterocycles. The summed E-state index contributed by atoms with van der Waals surface area (Å²) in [6.07, 6.45) is 3.59. The second-order valence-electron chi connectivity index (χ2n) is 5.93. The summed E-state index contributed by atoms with van der Waals surface area (Å²) in [4.78, 5) is 19.3. The molecular formula is C19H16BrN3O. The van der Waals surface area contributed by atoms with Crippen molar-refractivity contribution in [2.45, 2.75) is 19.1 Å². The monoisotopic (exact) mass is 381 g/mol. The fourth-order valence-electron chi connectivity index (χ4n) is 3.14. The van der Waals surface area contributed by atoms with E-state index in [9.17, 15) is 4.79 Å². The molecule has 1 aliphatic rings. The van der Waals surface area contributed by atoms with E-state index in [1.807, 2.05) is 70.3 Å². The third-order valence-corrected chi connectivity index (χ3v) is 4.85. The molecule has 0 N–H and O–H groups in total. The standard InChI is InChI=1S/C19H16BrN3O/c20-16-8-6-15(7-9-16)18-19(24)22(11-14-4-2-1-3-5-14)12-17-10-21-13-23(17)18/h1-10,13,18H,11-12H2. The minimum atomic E-state index is -0.354. The quantitative estimate of drug-likeness (QED) is 0.692. The second-order valence-corrected chi connectivity index (χ2v) is 6.84. The minimum Gasteiger partial charge on any atom is -0.330 e. The van der Waals surface area contributed by atoms with Crippen LogP contribution in [0.25, 0.3) is 0 Å². The van der Waals surface area contributed by atoms with Crippen LogP contribution in [0.5, 0.6) is 0 Å². The van der Waals surface area contributed by atoms with Crippen LogP contribution in [0.3, 0.4) is 0 Å². The molecule has 0 radical (unpaired) electrons. The lowest BCUT2D eigenvalue weighted by atomic mass is 10.0. The van der Waals surface area contributed by atoms with Gasteiger partial charge in [0.25, 0.3) is 5.91 Å². The predicted octanol–water partition coefficient (Wildman–Crippen LogP) is 3.78. The first-order chi connectivity index (χ1) is 11.7. The van der Waals surface area contributed by atoms with Gasteiger partial charge in [0.1, 0.15) is 6.04 Å². The van der Waals surface area contributed by atoms with E-state index in [0.717, 1.165) is 21.3 Å². The zero-order valence-electron chi connectivity index (χ0n) is 13.0. The number of hydrogen-bond donors (Lipinski definition) is 0. The number of halogens is 1. The van der Waals surface area contributed by atoms with Gasteiger partial charge in [0.15, 0.2) is 0 Å². The highest BCUT2D eigenvalue weighted by atomic mass is 79.9. The first-order valence-corrected chi connectivity index (χ1v) is 8.60. The molecule has 120 valence electrons. The third-order valence-electron chi connectivity index (χ3n) is 4.32. The molecule has 1 unspecified atom stereocenters. The summed E-state index contributed by atoms with van der Waals surface area (Å²) < 4.78 is 2.98. The molecule has 0 saturated carbocycles. The van der Waals surface area contributed by atoms with E-state index in [0.29, 0.717) is 13.1 Å². The number of carbonyl (C=O) groups excluding carboxylic acids is 1. The van der Waals surface area contributed by atoms with Gasteiger partial charge in [-0.25, -0.2) is 4.98 Å². The van der Waals surface area contributed by atoms with Crippen molar-refractivity contribution in [3.8, 4) is 0 Å². The number of rotatable bonds is 3. The molecule has 0 aliphatic carbocycles. The minimum absolute atomic E-state index is 0.103. The van der Waals surface area contributed by atoms with Crippen LogP contribution < -0.4 is 0 Å². The van der Waals surface area contributed by atoms with Crippen molar-refractivity contribution in [3.63, 3.8) is 0 Å². The lowest BCUT2D eigenvalue weighted by Gasteiger charge is -2.34. The van der Waals surface area contributed by atoms with E-state index >= 15 is 0 Å². The number of hydrogen-bond acceptors (Lipinski definition) is 2. The molecule has 4 nitrogen and oxygen atoms in total. The van der Waals surface area contributed by atoms with Crippen molar-refractivity contribution in [2.75, 3.05) is 0 Å². The average Bonchev–Trinajstić information content (AvgIpc) is 3.06. The van der Waals surface area contributed by atoms with E-state index in [-0.39, 0.29) is 11.9 Å². The second kappa shape index (κ2) is 6.24. The molecule has 1 amide bonds. The van der Waals surface area contributed by atoms with Gasteiger partial charge in [-0.05, 0) is 23.3 Å². The van der Waals surface area contributed by atoms with Crippen LogP contribution in [0.4, 0.5) is 0 Å². The molecule has 0 spiro atoms. The Morgan fingerprint density at radius 3 is 2.58 bits per heavy atom. The number of nitrogens with zero attached hydrogens (tertiary/aromatic N) is 3. The Labute approximate surface area is 148 Å². The highest BCUT2D eigenvalue weighted by Crippen LogP contribution is 2.30. The largest absolute Gasteiger partial charge is 0.330 e. The van der Waals surface area contributed by atoms with Gasteiger partial charge in [0.05, 0.1) is 18.6 Å². The Kier molecular flexibility index (Phi) is 3.94. The third kappa shape index (κ3) is 2.76. The van der Waals surface area contributed by atoms with Gasteiger partial charge < -0.3 is 9.47 Å². The van der Waals surface area contributed by atoms with Crippen LogP contribution in [-0.2, 0) is 17.9 Å². The van der Waals surface area contributed by atoms with Gasteiger partial charge in [-0.1, -0.05) is 58.4 Å². The van der Waals surface area contributed by atoms with Gasteiger partial charge in [0.2, 0.25) is 0 Å². The zero-order chi connectivity index (χ0) is 16.5. The van der Waals surface area contributed by atoms with Crippen molar-refractivity contribution >= 4 is 21.8 Å². The van der Waals surface area contributed by atoms with Crippen molar-refractivity contribution < 1.29 is 4.79 Å². The number of imidazole rings is 1. The maximum atomic E-state index is 13.1. The van der Waals surface area contributed by atoms with Crippen LogP contribution in [0.15, 0.2) is 71.6 Å². The number of amides is 1. The molecule has 1 atom stereocenters. The molecule has 2 aromatic carbocycles. The fourth-order valence-corrected chi connectivity index (χ4v) is 3.40. The Balaban J connectivity index is 1.70. The van der Waals surface area contributed by atoms with E-state index in [2.05, 4.69) is 20.9 Å². The van der Waals surface area contributed by atoms with E-state index in [4.69, 9.17) is 0 Å². The Morgan fingerprint density at radius 1 is 1.08 bits per heavy atom. The molecule has 1 aliphatic heterocycles. The summed E-state index contributed by atoms with van der Waals surface area (Å²) in [5.41, 5.74) is 3.16. The smallest absolute Gasteiger partial charge is 0.250 e. The lowest BCUT2D eigenvalue weighted by Crippen LogP contribution is -2.42. The van der Waals surface area contributed by atoms with Gasteiger partial charge in [-0.3, -0.25) is 4.79 Å². The highest BCUT2D eigenvalue weighted by molar-refractivity contribution is 9.10. The summed E-state index contributed by atoms with van der Waals surface area (Å²) in [6, 6.07) is 17.6. The van der Waals surface area contributed by atoms with E-state index in [1.165, 1.54) is 0 Å². The van der Waals surface area contributed by atoms with Crippen molar-refractivity contribution in [1.29, 1.82) is 0 Å². The summed E-state index contributed by atoms with van der Waals surface area (Å²) in [7, 11) is 0. The number of benzene rings is 2. The lowest BCUT2D eigenvalue weighted by molar-refractivity contribution is -0.136. The highest BCUT2D eigenvalue weighted by Gasteiger charge is 2.33. The van der Waals surface area contributed by atoms with Crippen LogP contribution in [-0.4, -0.2) is 20.4 Å². The topological polar surface area (TPSA) is 38.1 Å².